The zero-order valence-corrected chi connectivity index (χ0v) is 20.8. The van der Waals surface area contributed by atoms with E-state index in [-0.39, 0.29) is 24.0 Å². The largest absolute Gasteiger partial charge is 0.390 e. The lowest BCUT2D eigenvalue weighted by Gasteiger charge is -2.15. The molecule has 2 N–H and O–H groups in total. The van der Waals surface area contributed by atoms with Crippen LogP contribution in [-0.2, 0) is 32.4 Å². The van der Waals surface area contributed by atoms with E-state index in [0.29, 0.717) is 24.2 Å². The molecule has 1 unspecified atom stereocenters. The number of carbonyl (C=O) groups excluding carboxylic acids is 1. The number of nitrogens with zero attached hydrogens (tertiary/aromatic N) is 2. The van der Waals surface area contributed by atoms with Crippen molar-refractivity contribution in [1.82, 2.24) is 13.0 Å². The van der Waals surface area contributed by atoms with Gasteiger partial charge in [0.25, 0.3) is 15.9 Å². The summed E-state index contributed by atoms with van der Waals surface area (Å²) in [5.41, 5.74) is 2.07. The van der Waals surface area contributed by atoms with E-state index in [1.54, 1.807) is 61.7 Å². The molecule has 1 aromatic carbocycles. The summed E-state index contributed by atoms with van der Waals surface area (Å²) < 4.78 is 42.7. The number of aliphatic hydroxyl groups excluding tert-OH is 1. The molecule has 0 saturated carbocycles. The fraction of sp³-hybridized carbons (Fsp3) is 0.292. The summed E-state index contributed by atoms with van der Waals surface area (Å²) >= 11 is -1.69. The predicted octanol–water partition coefficient (Wildman–Crippen LogP) is 2.52. The van der Waals surface area contributed by atoms with Crippen molar-refractivity contribution in [3.05, 3.63) is 77.8 Å². The number of amides is 1. The van der Waals surface area contributed by atoms with E-state index < -0.39 is 21.2 Å². The van der Waals surface area contributed by atoms with Gasteiger partial charge in [-0.05, 0) is 56.5 Å². The van der Waals surface area contributed by atoms with Crippen LogP contribution in [0.4, 0.5) is 0 Å². The Labute approximate surface area is 203 Å². The first-order valence-electron chi connectivity index (χ1n) is 10.6. The van der Waals surface area contributed by atoms with Crippen molar-refractivity contribution in [3.63, 3.8) is 0 Å². The zero-order chi connectivity index (χ0) is 25.1. The minimum absolute atomic E-state index is 0.0703. The average molecular weight is 504 g/mol. The van der Waals surface area contributed by atoms with Gasteiger partial charge in [-0.1, -0.05) is 36.8 Å². The third kappa shape index (κ3) is 6.93. The van der Waals surface area contributed by atoms with Crippen LogP contribution in [0.15, 0.2) is 77.0 Å². The summed E-state index contributed by atoms with van der Waals surface area (Å²) in [7, 11) is -3.66. The summed E-state index contributed by atoms with van der Waals surface area (Å²) in [6.45, 7) is 3.21. The Balaban J connectivity index is 0.00000129. The van der Waals surface area contributed by atoms with E-state index in [4.69, 9.17) is 0 Å². The predicted molar refractivity (Wildman–Crippen MR) is 133 cm³/mol. The number of terminal acetylenes is 1. The molecule has 3 rings (SSSR count). The highest BCUT2D eigenvalue weighted by atomic mass is 32.2. The SMILES string of the molecule is C#CC.CC/C(=C\C=C(/CO)N1CC(=O)NS1=O)CCc1cccn1S(=O)(=O)c1ccccc1. The van der Waals surface area contributed by atoms with Crippen molar-refractivity contribution in [2.75, 3.05) is 13.2 Å². The second-order valence-electron chi connectivity index (χ2n) is 7.21. The molecule has 1 amide bonds. The Hall–Kier alpha value is -3.13. The number of allylic oxidation sites excluding steroid dienone is 3. The van der Waals surface area contributed by atoms with Gasteiger partial charge < -0.3 is 5.11 Å². The van der Waals surface area contributed by atoms with E-state index in [0.717, 1.165) is 12.0 Å². The number of benzene rings is 1. The zero-order valence-electron chi connectivity index (χ0n) is 19.2. The van der Waals surface area contributed by atoms with Gasteiger partial charge in [-0.3, -0.25) is 13.8 Å². The molecule has 10 heteroatoms. The number of aryl methyl sites for hydroxylation is 1. The first kappa shape index (κ1) is 27.1. The molecule has 0 spiro atoms. The van der Waals surface area contributed by atoms with Crippen LogP contribution < -0.4 is 4.72 Å². The normalized spacial score (nSPS) is 16.5. The first-order valence-corrected chi connectivity index (χ1v) is 13.2. The second kappa shape index (κ2) is 12.9. The molecule has 1 aliphatic heterocycles. The molecular formula is C24H29N3O5S2. The fourth-order valence-corrected chi connectivity index (χ4v) is 5.57. The summed E-state index contributed by atoms with van der Waals surface area (Å²) in [5.74, 6) is 1.89. The summed E-state index contributed by atoms with van der Waals surface area (Å²) in [4.78, 5) is 11.6. The Morgan fingerprint density at radius 2 is 1.91 bits per heavy atom. The second-order valence-corrected chi connectivity index (χ2v) is 10.2. The van der Waals surface area contributed by atoms with Crippen molar-refractivity contribution in [2.45, 2.75) is 38.0 Å². The van der Waals surface area contributed by atoms with Gasteiger partial charge in [0.2, 0.25) is 11.2 Å². The number of rotatable bonds is 9. The molecule has 1 fully saturated rings. The first-order chi connectivity index (χ1) is 16.3. The van der Waals surface area contributed by atoms with Crippen LogP contribution in [0.2, 0.25) is 0 Å². The Morgan fingerprint density at radius 1 is 1.24 bits per heavy atom. The number of aromatic nitrogens is 1. The van der Waals surface area contributed by atoms with Crippen molar-refractivity contribution in [1.29, 1.82) is 0 Å². The summed E-state index contributed by atoms with van der Waals surface area (Å²) in [5, 5.41) is 9.61. The fourth-order valence-electron chi connectivity index (χ4n) is 3.21. The van der Waals surface area contributed by atoms with Gasteiger partial charge in [0.15, 0.2) is 0 Å². The molecule has 1 aliphatic rings. The minimum atomic E-state index is -3.66. The van der Waals surface area contributed by atoms with Gasteiger partial charge in [0, 0.05) is 11.9 Å². The van der Waals surface area contributed by atoms with Crippen LogP contribution in [-0.4, -0.2) is 45.1 Å². The van der Waals surface area contributed by atoms with Crippen LogP contribution in [0.25, 0.3) is 0 Å². The van der Waals surface area contributed by atoms with Crippen LogP contribution in [0, 0.1) is 12.3 Å². The molecular weight excluding hydrogens is 474 g/mol. The van der Waals surface area contributed by atoms with E-state index in [2.05, 4.69) is 17.1 Å². The molecule has 0 aliphatic carbocycles. The smallest absolute Gasteiger partial charge is 0.267 e. The lowest BCUT2D eigenvalue weighted by Crippen LogP contribution is -2.24. The quantitative estimate of drug-likeness (QED) is 0.404. The molecule has 0 radical (unpaired) electrons. The highest BCUT2D eigenvalue weighted by Gasteiger charge is 2.27. The lowest BCUT2D eigenvalue weighted by atomic mass is 10.1. The highest BCUT2D eigenvalue weighted by molar-refractivity contribution is 7.90. The summed E-state index contributed by atoms with van der Waals surface area (Å²) in [6, 6.07) is 11.8. The van der Waals surface area contributed by atoms with Gasteiger partial charge in [0.05, 0.1) is 17.2 Å². The average Bonchev–Trinajstić information content (AvgIpc) is 3.43. The van der Waals surface area contributed by atoms with Gasteiger partial charge in [-0.15, -0.1) is 12.3 Å². The third-order valence-electron chi connectivity index (χ3n) is 4.93. The molecule has 8 nitrogen and oxygen atoms in total. The molecule has 2 heterocycles. The standard InChI is InChI=1S/C21H25N3O5S2.C3H4/c1-2-17(11-13-19(16-25)23-15-21(26)22-30(23)27)10-12-18-7-6-14-24(18)31(28,29)20-8-4-3-5-9-20;1-3-2/h3-9,11,13-14,25H,2,10,12,15-16H2,1H3,(H,22,26);1H,2H3/b17-11+,19-13+;. The Kier molecular flexibility index (Phi) is 10.3. The maximum absolute atomic E-state index is 12.9. The number of aliphatic hydroxyl groups is 1. The molecule has 182 valence electrons. The molecule has 0 bridgehead atoms. The van der Waals surface area contributed by atoms with E-state index in [9.17, 15) is 22.5 Å². The van der Waals surface area contributed by atoms with Gasteiger partial charge in [-0.25, -0.2) is 16.6 Å². The van der Waals surface area contributed by atoms with E-state index in [1.165, 1.54) is 8.28 Å². The topological polar surface area (TPSA) is 109 Å². The Bertz CT molecular complexity index is 1210. The highest BCUT2D eigenvalue weighted by Crippen LogP contribution is 2.20. The number of hydrogen-bond donors (Lipinski definition) is 2. The molecule has 1 atom stereocenters. The van der Waals surface area contributed by atoms with Crippen LogP contribution in [0.1, 0.15) is 32.4 Å². The molecule has 2 aromatic rings. The monoisotopic (exact) mass is 503 g/mol. The van der Waals surface area contributed by atoms with E-state index in [1.807, 2.05) is 13.0 Å². The van der Waals surface area contributed by atoms with Crippen molar-refractivity contribution in [3.8, 4) is 12.3 Å². The molecule has 34 heavy (non-hydrogen) atoms. The minimum Gasteiger partial charge on any atom is -0.390 e. The van der Waals surface area contributed by atoms with Crippen molar-refractivity contribution in [2.24, 2.45) is 0 Å². The molecule has 1 saturated heterocycles. The number of carbonyl (C=O) groups is 1. The van der Waals surface area contributed by atoms with Crippen LogP contribution in [0.5, 0.6) is 0 Å². The number of nitrogens with one attached hydrogen (secondary N) is 1. The van der Waals surface area contributed by atoms with Crippen LogP contribution >= 0.6 is 0 Å². The van der Waals surface area contributed by atoms with Gasteiger partial charge in [-0.2, -0.15) is 0 Å². The van der Waals surface area contributed by atoms with Crippen molar-refractivity contribution >= 4 is 27.1 Å². The molecule has 1 aromatic heterocycles. The number of hydrogen-bond acceptors (Lipinski definition) is 5. The lowest BCUT2D eigenvalue weighted by molar-refractivity contribution is -0.118. The summed E-state index contributed by atoms with van der Waals surface area (Å²) in [6.07, 6.45) is 11.5. The Morgan fingerprint density at radius 3 is 2.47 bits per heavy atom. The van der Waals surface area contributed by atoms with Crippen LogP contribution in [0.3, 0.4) is 0 Å². The van der Waals surface area contributed by atoms with Gasteiger partial charge in [0.1, 0.15) is 6.54 Å². The maximum Gasteiger partial charge on any atom is 0.267 e. The van der Waals surface area contributed by atoms with Crippen molar-refractivity contribution < 1.29 is 22.5 Å². The van der Waals surface area contributed by atoms with Gasteiger partial charge >= 0.3 is 0 Å². The third-order valence-corrected chi connectivity index (χ3v) is 7.84. The van der Waals surface area contributed by atoms with E-state index >= 15 is 0 Å². The maximum atomic E-state index is 12.9.